The van der Waals surface area contributed by atoms with Gasteiger partial charge in [-0.25, -0.2) is 13.4 Å². The first-order chi connectivity index (χ1) is 9.25. The minimum atomic E-state index is -3.62. The lowest BCUT2D eigenvalue weighted by Crippen LogP contribution is -2.18. The third-order valence-electron chi connectivity index (χ3n) is 2.42. The predicted molar refractivity (Wildman–Crippen MR) is 77.7 cm³/mol. The molecule has 0 aliphatic carbocycles. The van der Waals surface area contributed by atoms with Gasteiger partial charge in [0.05, 0.1) is 18.6 Å². The number of anilines is 1. The van der Waals surface area contributed by atoms with E-state index in [1.807, 2.05) is 0 Å². The Balaban J connectivity index is 2.74. The summed E-state index contributed by atoms with van der Waals surface area (Å²) in [6, 6.07) is 1.50. The molecular formula is C11H14Cl2N2O4S. The summed E-state index contributed by atoms with van der Waals surface area (Å²) in [4.78, 5) is 14.7. The maximum atomic E-state index is 11.9. The average Bonchev–Trinajstić information content (AvgIpc) is 2.33. The van der Waals surface area contributed by atoms with Gasteiger partial charge in [0.15, 0.2) is 5.15 Å². The van der Waals surface area contributed by atoms with Crippen LogP contribution < -0.4 is 4.72 Å². The highest BCUT2D eigenvalue weighted by atomic mass is 35.5. The number of hydrogen-bond donors (Lipinski definition) is 1. The molecule has 112 valence electrons. The van der Waals surface area contributed by atoms with Crippen molar-refractivity contribution in [3.05, 3.63) is 21.9 Å². The first kappa shape index (κ1) is 17.0. The van der Waals surface area contributed by atoms with Crippen molar-refractivity contribution in [1.82, 2.24) is 4.98 Å². The number of methoxy groups -OCH3 is 1. The van der Waals surface area contributed by atoms with Gasteiger partial charge in [0.25, 0.3) is 0 Å². The molecule has 1 heterocycles. The Hall–Kier alpha value is -1.05. The van der Waals surface area contributed by atoms with Gasteiger partial charge in [-0.1, -0.05) is 23.2 Å². The maximum absolute atomic E-state index is 11.9. The molecule has 0 aliphatic heterocycles. The fourth-order valence-electron chi connectivity index (χ4n) is 1.43. The zero-order valence-electron chi connectivity index (χ0n) is 10.9. The fourth-order valence-corrected chi connectivity index (χ4v) is 3.26. The van der Waals surface area contributed by atoms with Gasteiger partial charge < -0.3 is 4.74 Å². The number of nitrogens with one attached hydrogen (secondary N) is 1. The Labute approximate surface area is 127 Å². The Morgan fingerprint density at radius 3 is 2.65 bits per heavy atom. The number of ether oxygens (including phenoxy) is 1. The number of halogens is 2. The molecule has 20 heavy (non-hydrogen) atoms. The topological polar surface area (TPSA) is 85.4 Å². The van der Waals surface area contributed by atoms with E-state index in [0.717, 1.165) is 0 Å². The van der Waals surface area contributed by atoms with Crippen LogP contribution in [-0.4, -0.2) is 32.2 Å². The first-order valence-electron chi connectivity index (χ1n) is 5.65. The highest BCUT2D eigenvalue weighted by Gasteiger charge is 2.16. The number of aromatic nitrogens is 1. The first-order valence-corrected chi connectivity index (χ1v) is 8.06. The van der Waals surface area contributed by atoms with E-state index >= 15 is 0 Å². The Morgan fingerprint density at radius 2 is 2.10 bits per heavy atom. The molecule has 9 heteroatoms. The Morgan fingerprint density at radius 1 is 1.45 bits per heavy atom. The van der Waals surface area contributed by atoms with Gasteiger partial charge in [-0.3, -0.25) is 9.52 Å². The second kappa shape index (κ2) is 7.10. The number of carbonyl (C=O) groups excluding carboxylic acids is 1. The highest BCUT2D eigenvalue weighted by molar-refractivity contribution is 7.92. The molecule has 1 N–H and O–H groups in total. The minimum absolute atomic E-state index is 0.0217. The van der Waals surface area contributed by atoms with Crippen molar-refractivity contribution < 1.29 is 17.9 Å². The molecule has 0 saturated carbocycles. The molecule has 0 aliphatic rings. The van der Waals surface area contributed by atoms with Crippen molar-refractivity contribution in [2.45, 2.75) is 19.8 Å². The van der Waals surface area contributed by atoms with E-state index in [2.05, 4.69) is 14.4 Å². The number of nitrogens with zero attached hydrogens (tertiary/aromatic N) is 1. The summed E-state index contributed by atoms with van der Waals surface area (Å²) in [5.41, 5.74) is 0.751. The van der Waals surface area contributed by atoms with Crippen LogP contribution in [0.25, 0.3) is 0 Å². The zero-order chi connectivity index (χ0) is 15.3. The summed E-state index contributed by atoms with van der Waals surface area (Å²) in [7, 11) is -2.37. The van der Waals surface area contributed by atoms with Gasteiger partial charge in [0.1, 0.15) is 5.15 Å². The molecule has 0 unspecified atom stereocenters. The lowest BCUT2D eigenvalue weighted by atomic mass is 10.3. The van der Waals surface area contributed by atoms with Crippen molar-refractivity contribution in [2.24, 2.45) is 0 Å². The number of hydrogen-bond acceptors (Lipinski definition) is 5. The molecule has 0 amide bonds. The predicted octanol–water partition coefficient (Wildman–Crippen LogP) is 2.39. The van der Waals surface area contributed by atoms with Gasteiger partial charge in [-0.05, 0) is 25.0 Å². The number of aryl methyl sites for hydroxylation is 1. The summed E-state index contributed by atoms with van der Waals surface area (Å²) in [6.45, 7) is 1.66. The maximum Gasteiger partial charge on any atom is 0.305 e. The van der Waals surface area contributed by atoms with Crippen LogP contribution in [0.1, 0.15) is 18.4 Å². The second-order valence-electron chi connectivity index (χ2n) is 4.03. The van der Waals surface area contributed by atoms with Crippen LogP contribution in [0.5, 0.6) is 0 Å². The van der Waals surface area contributed by atoms with Crippen molar-refractivity contribution in [2.75, 3.05) is 17.6 Å². The van der Waals surface area contributed by atoms with Crippen LogP contribution in [0.4, 0.5) is 5.69 Å². The normalized spacial score (nSPS) is 11.2. The zero-order valence-corrected chi connectivity index (χ0v) is 13.3. The third-order valence-corrected chi connectivity index (χ3v) is 4.23. The van der Waals surface area contributed by atoms with E-state index in [0.29, 0.717) is 5.56 Å². The number of sulfonamides is 1. The van der Waals surface area contributed by atoms with Crippen molar-refractivity contribution >= 4 is 44.9 Å². The van der Waals surface area contributed by atoms with Gasteiger partial charge in [0.2, 0.25) is 10.0 Å². The van der Waals surface area contributed by atoms with Crippen LogP contribution in [-0.2, 0) is 19.6 Å². The van der Waals surface area contributed by atoms with Crippen molar-refractivity contribution in [1.29, 1.82) is 0 Å². The van der Waals surface area contributed by atoms with Crippen LogP contribution in [0, 0.1) is 6.92 Å². The van der Waals surface area contributed by atoms with Gasteiger partial charge in [-0.2, -0.15) is 0 Å². The average molecular weight is 341 g/mol. The standard InChI is InChI=1S/C11H14Cl2N2O4S/c1-7-6-8(12)14-11(13)10(7)15-20(17,18)5-3-4-9(16)19-2/h6,15H,3-5H2,1-2H3. The molecule has 0 radical (unpaired) electrons. The number of rotatable bonds is 6. The molecule has 1 rings (SSSR count). The molecule has 1 aromatic rings. The number of esters is 1. The third kappa shape index (κ3) is 5.15. The van der Waals surface area contributed by atoms with E-state index < -0.39 is 16.0 Å². The highest BCUT2D eigenvalue weighted by Crippen LogP contribution is 2.27. The van der Waals surface area contributed by atoms with Crippen molar-refractivity contribution in [3.63, 3.8) is 0 Å². The number of carbonyl (C=O) groups is 1. The SMILES string of the molecule is COC(=O)CCCS(=O)(=O)Nc1c(C)cc(Cl)nc1Cl. The molecule has 0 saturated heterocycles. The van der Waals surface area contributed by atoms with Gasteiger partial charge >= 0.3 is 5.97 Å². The lowest BCUT2D eigenvalue weighted by Gasteiger charge is -2.11. The van der Waals surface area contributed by atoms with E-state index in [-0.39, 0.29) is 34.6 Å². The summed E-state index contributed by atoms with van der Waals surface area (Å²) in [5, 5.41) is 0.160. The smallest absolute Gasteiger partial charge is 0.305 e. The monoisotopic (exact) mass is 340 g/mol. The lowest BCUT2D eigenvalue weighted by molar-refractivity contribution is -0.140. The van der Waals surface area contributed by atoms with E-state index in [9.17, 15) is 13.2 Å². The molecule has 0 fully saturated rings. The fraction of sp³-hybridized carbons (Fsp3) is 0.455. The molecule has 1 aromatic heterocycles. The molecule has 6 nitrogen and oxygen atoms in total. The van der Waals surface area contributed by atoms with Crippen molar-refractivity contribution in [3.8, 4) is 0 Å². The van der Waals surface area contributed by atoms with Crippen LogP contribution in [0.2, 0.25) is 10.3 Å². The Kier molecular flexibility index (Phi) is 6.04. The van der Waals surface area contributed by atoms with E-state index in [1.54, 1.807) is 6.92 Å². The Bertz CT molecular complexity index is 581. The van der Waals surface area contributed by atoms with Crippen LogP contribution in [0.3, 0.4) is 0 Å². The van der Waals surface area contributed by atoms with Crippen LogP contribution in [0.15, 0.2) is 6.07 Å². The van der Waals surface area contributed by atoms with E-state index in [1.165, 1.54) is 13.2 Å². The largest absolute Gasteiger partial charge is 0.469 e. The van der Waals surface area contributed by atoms with Crippen LogP contribution >= 0.6 is 23.2 Å². The number of pyridine rings is 1. The van der Waals surface area contributed by atoms with Gasteiger partial charge in [-0.15, -0.1) is 0 Å². The summed E-state index contributed by atoms with van der Waals surface area (Å²) < 4.78 is 30.5. The quantitative estimate of drug-likeness (QED) is 0.634. The molecule has 0 bridgehead atoms. The molecule has 0 aromatic carbocycles. The second-order valence-corrected chi connectivity index (χ2v) is 6.62. The van der Waals surface area contributed by atoms with E-state index in [4.69, 9.17) is 23.2 Å². The molecule has 0 spiro atoms. The minimum Gasteiger partial charge on any atom is -0.469 e. The summed E-state index contributed by atoms with van der Waals surface area (Å²) in [6.07, 6.45) is 0.183. The molecular weight excluding hydrogens is 327 g/mol. The summed E-state index contributed by atoms with van der Waals surface area (Å²) >= 11 is 11.6. The molecule has 0 atom stereocenters. The van der Waals surface area contributed by atoms with Gasteiger partial charge in [0, 0.05) is 6.42 Å². The summed E-state index contributed by atoms with van der Waals surface area (Å²) in [5.74, 6) is -0.678.